The molecule has 3 rings (SSSR count). The fraction of sp³-hybridized carbons (Fsp3) is 0.154. The van der Waals surface area contributed by atoms with E-state index < -0.39 is 0 Å². The Labute approximate surface area is 97.9 Å². The minimum atomic E-state index is -0.171. The maximum absolute atomic E-state index is 12.2. The van der Waals surface area contributed by atoms with Gasteiger partial charge >= 0.3 is 0 Å². The highest BCUT2D eigenvalue weighted by Crippen LogP contribution is 2.26. The highest BCUT2D eigenvalue weighted by atomic mass is 16.1. The first-order valence-corrected chi connectivity index (χ1v) is 5.31. The number of hydrogen-bond acceptors (Lipinski definition) is 3. The first-order chi connectivity index (χ1) is 8.08. The maximum Gasteiger partial charge on any atom is 0.214 e. The van der Waals surface area contributed by atoms with E-state index in [2.05, 4.69) is 5.10 Å². The van der Waals surface area contributed by atoms with Crippen LogP contribution >= 0.6 is 0 Å². The number of aryl methyl sites for hydroxylation is 2. The lowest BCUT2D eigenvalue weighted by atomic mass is 9.87. The SMILES string of the molecule is Cc1ccc2c(c1)C(=O)c1cn(C)nc1C2=O. The summed E-state index contributed by atoms with van der Waals surface area (Å²) < 4.78 is 1.50. The van der Waals surface area contributed by atoms with Crippen LogP contribution in [0.1, 0.15) is 37.5 Å². The van der Waals surface area contributed by atoms with Crippen LogP contribution in [0.5, 0.6) is 0 Å². The molecule has 4 heteroatoms. The lowest BCUT2D eigenvalue weighted by Gasteiger charge is -2.13. The highest BCUT2D eigenvalue weighted by molar-refractivity contribution is 6.27. The van der Waals surface area contributed by atoms with Crippen molar-refractivity contribution >= 4 is 11.6 Å². The van der Waals surface area contributed by atoms with Crippen LogP contribution in [0.25, 0.3) is 0 Å². The minimum Gasteiger partial charge on any atom is -0.288 e. The van der Waals surface area contributed by atoms with E-state index in [1.807, 2.05) is 13.0 Å². The van der Waals surface area contributed by atoms with Crippen molar-refractivity contribution in [1.29, 1.82) is 0 Å². The topological polar surface area (TPSA) is 52.0 Å². The zero-order valence-electron chi connectivity index (χ0n) is 9.52. The van der Waals surface area contributed by atoms with Crippen molar-refractivity contribution in [2.24, 2.45) is 7.05 Å². The Morgan fingerprint density at radius 3 is 2.59 bits per heavy atom. The van der Waals surface area contributed by atoms with Crippen LogP contribution in [0.4, 0.5) is 0 Å². The molecule has 0 unspecified atom stereocenters. The third kappa shape index (κ3) is 1.27. The number of ketones is 2. The fourth-order valence-electron chi connectivity index (χ4n) is 2.14. The van der Waals surface area contributed by atoms with Gasteiger partial charge in [-0.25, -0.2) is 0 Å². The van der Waals surface area contributed by atoms with E-state index in [0.717, 1.165) is 5.56 Å². The highest BCUT2D eigenvalue weighted by Gasteiger charge is 2.32. The van der Waals surface area contributed by atoms with E-state index >= 15 is 0 Å². The second kappa shape index (κ2) is 3.13. The van der Waals surface area contributed by atoms with Crippen LogP contribution in [0.2, 0.25) is 0 Å². The van der Waals surface area contributed by atoms with Crippen molar-refractivity contribution in [3.63, 3.8) is 0 Å². The van der Waals surface area contributed by atoms with Gasteiger partial charge < -0.3 is 0 Å². The third-order valence-corrected chi connectivity index (χ3v) is 2.95. The molecule has 0 aliphatic heterocycles. The molecule has 1 aromatic heterocycles. The molecule has 84 valence electrons. The molecule has 2 aromatic rings. The van der Waals surface area contributed by atoms with Crippen molar-refractivity contribution < 1.29 is 9.59 Å². The Morgan fingerprint density at radius 2 is 1.82 bits per heavy atom. The van der Waals surface area contributed by atoms with Crippen molar-refractivity contribution in [2.45, 2.75) is 6.92 Å². The maximum atomic E-state index is 12.2. The predicted molar refractivity (Wildman–Crippen MR) is 61.3 cm³/mol. The molecule has 0 fully saturated rings. The summed E-state index contributed by atoms with van der Waals surface area (Å²) in [5, 5.41) is 4.05. The Bertz CT molecular complexity index is 668. The number of benzene rings is 1. The fourth-order valence-corrected chi connectivity index (χ4v) is 2.14. The van der Waals surface area contributed by atoms with Gasteiger partial charge in [0.1, 0.15) is 5.69 Å². The van der Waals surface area contributed by atoms with Crippen molar-refractivity contribution in [1.82, 2.24) is 9.78 Å². The minimum absolute atomic E-state index is 0.119. The van der Waals surface area contributed by atoms with E-state index in [1.165, 1.54) is 4.68 Å². The molecule has 17 heavy (non-hydrogen) atoms. The average Bonchev–Trinajstić information content (AvgIpc) is 2.68. The molecular formula is C13H10N2O2. The average molecular weight is 226 g/mol. The molecule has 0 N–H and O–H groups in total. The molecular weight excluding hydrogens is 216 g/mol. The Balaban J connectivity index is 2.32. The van der Waals surface area contributed by atoms with Gasteiger partial charge in [0.05, 0.1) is 5.56 Å². The first-order valence-electron chi connectivity index (χ1n) is 5.31. The Morgan fingerprint density at radius 1 is 1.06 bits per heavy atom. The Kier molecular flexibility index (Phi) is 1.84. The molecule has 1 aliphatic rings. The summed E-state index contributed by atoms with van der Waals surface area (Å²) in [4.78, 5) is 24.4. The lowest BCUT2D eigenvalue weighted by Crippen LogP contribution is -2.20. The normalized spacial score (nSPS) is 13.5. The monoisotopic (exact) mass is 226 g/mol. The van der Waals surface area contributed by atoms with Gasteiger partial charge in [-0.1, -0.05) is 11.6 Å². The summed E-state index contributed by atoms with van der Waals surface area (Å²) in [6, 6.07) is 5.28. The molecule has 0 saturated carbocycles. The zero-order chi connectivity index (χ0) is 12.2. The summed E-state index contributed by atoms with van der Waals surface area (Å²) in [5.74, 6) is -0.290. The van der Waals surface area contributed by atoms with Gasteiger partial charge in [-0.3, -0.25) is 14.3 Å². The second-order valence-electron chi connectivity index (χ2n) is 4.27. The molecule has 0 bridgehead atoms. The van der Waals surface area contributed by atoms with Crippen LogP contribution in [0.15, 0.2) is 24.4 Å². The standard InChI is InChI=1S/C13H10N2O2/c1-7-3-4-8-9(5-7)12(16)10-6-15(2)14-11(10)13(8)17/h3-6H,1-2H3. The molecule has 0 saturated heterocycles. The summed E-state index contributed by atoms with van der Waals surface area (Å²) in [7, 11) is 1.70. The Hall–Kier alpha value is -2.23. The molecule has 0 amide bonds. The van der Waals surface area contributed by atoms with Gasteiger partial charge in [0, 0.05) is 24.4 Å². The van der Waals surface area contributed by atoms with Gasteiger partial charge in [0.2, 0.25) is 5.78 Å². The third-order valence-electron chi connectivity index (χ3n) is 2.95. The number of fused-ring (bicyclic) bond motifs is 2. The van der Waals surface area contributed by atoms with E-state index in [9.17, 15) is 9.59 Å². The van der Waals surface area contributed by atoms with Crippen LogP contribution in [0.3, 0.4) is 0 Å². The molecule has 1 aromatic carbocycles. The number of rotatable bonds is 0. The van der Waals surface area contributed by atoms with Crippen molar-refractivity contribution in [3.05, 3.63) is 52.3 Å². The lowest BCUT2D eigenvalue weighted by molar-refractivity contribution is 0.0976. The van der Waals surface area contributed by atoms with E-state index in [0.29, 0.717) is 16.7 Å². The van der Waals surface area contributed by atoms with Gasteiger partial charge in [-0.05, 0) is 19.1 Å². The number of carbonyl (C=O) groups excluding carboxylic acids is 2. The van der Waals surface area contributed by atoms with Crippen LogP contribution in [-0.2, 0) is 7.05 Å². The smallest absolute Gasteiger partial charge is 0.214 e. The first kappa shape index (κ1) is 9.96. The van der Waals surface area contributed by atoms with Gasteiger partial charge in [-0.15, -0.1) is 0 Å². The van der Waals surface area contributed by atoms with E-state index in [4.69, 9.17) is 0 Å². The number of carbonyl (C=O) groups is 2. The molecule has 1 heterocycles. The van der Waals surface area contributed by atoms with Crippen LogP contribution in [-0.4, -0.2) is 21.3 Å². The summed E-state index contributed by atoms with van der Waals surface area (Å²) in [6.07, 6.45) is 1.60. The summed E-state index contributed by atoms with van der Waals surface area (Å²) in [6.45, 7) is 1.90. The number of nitrogens with zero attached hydrogens (tertiary/aromatic N) is 2. The number of hydrogen-bond donors (Lipinski definition) is 0. The van der Waals surface area contributed by atoms with Crippen molar-refractivity contribution in [2.75, 3.05) is 0 Å². The van der Waals surface area contributed by atoms with Gasteiger partial charge in [0.15, 0.2) is 5.78 Å². The molecule has 4 nitrogen and oxygen atoms in total. The van der Waals surface area contributed by atoms with Crippen LogP contribution in [0, 0.1) is 6.92 Å². The van der Waals surface area contributed by atoms with Gasteiger partial charge in [0.25, 0.3) is 0 Å². The summed E-state index contributed by atoms with van der Waals surface area (Å²) in [5.41, 5.74) is 2.56. The van der Waals surface area contributed by atoms with Crippen LogP contribution < -0.4 is 0 Å². The second-order valence-corrected chi connectivity index (χ2v) is 4.27. The van der Waals surface area contributed by atoms with Crippen molar-refractivity contribution in [3.8, 4) is 0 Å². The molecule has 0 spiro atoms. The van der Waals surface area contributed by atoms with E-state index in [-0.39, 0.29) is 17.3 Å². The largest absolute Gasteiger partial charge is 0.288 e. The molecule has 0 atom stereocenters. The predicted octanol–water partition coefficient (Wildman–Crippen LogP) is 1.50. The van der Waals surface area contributed by atoms with Gasteiger partial charge in [-0.2, -0.15) is 5.10 Å². The summed E-state index contributed by atoms with van der Waals surface area (Å²) >= 11 is 0. The molecule has 0 radical (unpaired) electrons. The zero-order valence-corrected chi connectivity index (χ0v) is 9.52. The van der Waals surface area contributed by atoms with E-state index in [1.54, 1.807) is 25.4 Å². The quantitative estimate of drug-likeness (QED) is 0.583. The number of aromatic nitrogens is 2. The molecule has 1 aliphatic carbocycles.